The number of carbonyl (C=O) groups is 4. The average molecular weight is 1470 g/mol. The number of allylic oxidation sites excluding steroid dienone is 27. The van der Waals surface area contributed by atoms with Crippen molar-refractivity contribution in [3.05, 3.63) is 170 Å². The molecule has 0 bridgehead atoms. The van der Waals surface area contributed by atoms with Crippen molar-refractivity contribution in [1.82, 2.24) is 0 Å². The van der Waals surface area contributed by atoms with Crippen LogP contribution in [0.1, 0.15) is 272 Å². The van der Waals surface area contributed by atoms with Gasteiger partial charge in [0.15, 0.2) is 12.2 Å². The summed E-state index contributed by atoms with van der Waals surface area (Å²) in [6.07, 6.45) is 86.7. The highest BCUT2D eigenvalue weighted by Crippen LogP contribution is 2.45. The van der Waals surface area contributed by atoms with Crippen LogP contribution < -0.4 is 0 Å². The summed E-state index contributed by atoms with van der Waals surface area (Å²) in [6.45, 7) is 4.30. The van der Waals surface area contributed by atoms with Crippen LogP contribution in [0.2, 0.25) is 0 Å². The first kappa shape index (κ1) is 96.4. The topological polar surface area (TPSA) is 237 Å². The summed E-state index contributed by atoms with van der Waals surface area (Å²) in [5, 5.41) is 10.6. The van der Waals surface area contributed by atoms with Crippen molar-refractivity contribution in [2.24, 2.45) is 0 Å². The van der Waals surface area contributed by atoms with Crippen molar-refractivity contribution < 1.29 is 80.2 Å². The van der Waals surface area contributed by atoms with E-state index in [1.807, 2.05) is 30.4 Å². The second-order valence-electron chi connectivity index (χ2n) is 24.8. The Hall–Kier alpha value is -5.58. The maximum Gasteiger partial charge on any atom is 0.472 e. The third-order valence-corrected chi connectivity index (χ3v) is 17.1. The van der Waals surface area contributed by atoms with Gasteiger partial charge >= 0.3 is 39.5 Å². The number of rotatable bonds is 70. The monoisotopic (exact) mass is 1460 g/mol. The molecule has 0 heterocycles. The molecule has 102 heavy (non-hydrogen) atoms. The van der Waals surface area contributed by atoms with Crippen LogP contribution in [0.5, 0.6) is 0 Å². The van der Waals surface area contributed by atoms with E-state index < -0.39 is 97.5 Å². The molecule has 0 aliphatic rings. The van der Waals surface area contributed by atoms with Crippen molar-refractivity contribution in [1.29, 1.82) is 0 Å². The molecule has 0 rings (SSSR count). The fraction of sp³-hybridized carbons (Fsp3) is 0.614. The number of phosphoric acid groups is 2. The summed E-state index contributed by atoms with van der Waals surface area (Å²) in [7, 11) is -10.0. The summed E-state index contributed by atoms with van der Waals surface area (Å²) >= 11 is 0. The van der Waals surface area contributed by atoms with E-state index in [1.165, 1.54) is 51.4 Å². The molecular weight excluding hydrogens is 1330 g/mol. The standard InChI is InChI=1S/C83H134O17P2/c1-5-9-13-17-21-25-29-33-36-38-41-45-48-52-56-60-64-68-81(86)94-74-79(100-83(88)70-66-62-58-54-50-46-42-39-37-34-30-26-22-18-14-10-6-2)76-98-102(91,92)96-72-77(84)71-95-101(89,90)97-75-78(99-82(87)69-65-61-57-53-49-43-32-28-24-20-16-12-8-4)73-93-80(85)67-63-59-55-51-47-44-40-35-31-27-23-19-15-11-7-3/h9-11,13-15,21-23,25-27,33-37,40-42,45-47,51-52,56,59,63,77-79,84H,5-8,12,16-20,24,28-32,38-39,43-44,48-50,53-55,57-58,60-62,64-76H2,1-4H3,(H,89,90)(H,91,92)/b13-9-,14-10-,15-11-,25-21-,26-22-,27-23-,36-33-,37-34-,40-35-,45-41-,46-42-,51-47-,56-52-,63-59-. The quantitative estimate of drug-likeness (QED) is 0.0169. The van der Waals surface area contributed by atoms with Crippen molar-refractivity contribution in [2.45, 2.75) is 290 Å². The smallest absolute Gasteiger partial charge is 0.462 e. The Morgan fingerprint density at radius 2 is 0.559 bits per heavy atom. The van der Waals surface area contributed by atoms with Crippen LogP contribution in [-0.4, -0.2) is 96.7 Å². The minimum absolute atomic E-state index is 0.0464. The van der Waals surface area contributed by atoms with Crippen molar-refractivity contribution in [2.75, 3.05) is 39.6 Å². The normalized spacial score (nSPS) is 14.9. The number of carbonyl (C=O) groups excluding carboxylic acids is 4. The number of ether oxygens (including phenoxy) is 4. The largest absolute Gasteiger partial charge is 0.472 e. The molecule has 0 saturated heterocycles. The first-order valence-corrected chi connectivity index (χ1v) is 41.4. The fourth-order valence-electron chi connectivity index (χ4n) is 9.50. The van der Waals surface area contributed by atoms with E-state index in [9.17, 15) is 43.2 Å². The molecule has 17 nitrogen and oxygen atoms in total. The van der Waals surface area contributed by atoms with Crippen molar-refractivity contribution in [3.63, 3.8) is 0 Å². The number of aliphatic hydroxyl groups excluding tert-OH is 1. The Bertz CT molecular complexity index is 2600. The summed E-state index contributed by atoms with van der Waals surface area (Å²) in [6, 6.07) is 0. The van der Waals surface area contributed by atoms with E-state index in [-0.39, 0.29) is 25.7 Å². The van der Waals surface area contributed by atoms with E-state index in [0.717, 1.165) is 135 Å². The first-order valence-electron chi connectivity index (χ1n) is 38.4. The molecule has 0 aromatic carbocycles. The maximum absolute atomic E-state index is 13.1. The molecule has 19 heteroatoms. The molecule has 0 aromatic heterocycles. The molecular formula is C83H134O17P2. The van der Waals surface area contributed by atoms with Crippen LogP contribution >= 0.6 is 15.6 Å². The van der Waals surface area contributed by atoms with Crippen LogP contribution in [0.3, 0.4) is 0 Å². The van der Waals surface area contributed by atoms with Gasteiger partial charge in [0.25, 0.3) is 0 Å². The lowest BCUT2D eigenvalue weighted by molar-refractivity contribution is -0.161. The van der Waals surface area contributed by atoms with Crippen LogP contribution in [0, 0.1) is 0 Å². The van der Waals surface area contributed by atoms with Gasteiger partial charge in [0.1, 0.15) is 19.3 Å². The molecule has 0 fully saturated rings. The van der Waals surface area contributed by atoms with Gasteiger partial charge in [-0.05, 0) is 128 Å². The predicted molar refractivity (Wildman–Crippen MR) is 417 cm³/mol. The molecule has 0 radical (unpaired) electrons. The SMILES string of the molecule is CC/C=C\C/C=C\C/C=C\C/C=C\C/C=C\CCCC(=O)OCC(COP(=O)(O)OCC(O)COP(=O)(O)OCC(COC(=O)C/C=C\C/C=C\C/C=C\C/C=C\C/C=C\CC)OC(=O)CCCCCCCCCCCCCCC)OC(=O)CCCCCC/C=C\C/C=C\C/C=C\C/C=C\CC. The third-order valence-electron chi connectivity index (χ3n) is 15.2. The summed E-state index contributed by atoms with van der Waals surface area (Å²) in [5.74, 6) is -2.43. The lowest BCUT2D eigenvalue weighted by atomic mass is 10.0. The van der Waals surface area contributed by atoms with Crippen LogP contribution in [-0.2, 0) is 65.4 Å². The van der Waals surface area contributed by atoms with Gasteiger partial charge in [-0.25, -0.2) is 9.13 Å². The molecule has 0 spiro atoms. The fourth-order valence-corrected chi connectivity index (χ4v) is 11.1. The molecule has 5 atom stereocenters. The molecule has 0 aliphatic heterocycles. The zero-order valence-electron chi connectivity index (χ0n) is 63.0. The van der Waals surface area contributed by atoms with E-state index >= 15 is 0 Å². The van der Waals surface area contributed by atoms with E-state index in [0.29, 0.717) is 32.1 Å². The lowest BCUT2D eigenvalue weighted by Crippen LogP contribution is -2.30. The Kier molecular flexibility index (Phi) is 69.7. The highest BCUT2D eigenvalue weighted by Gasteiger charge is 2.30. The molecule has 0 amide bonds. The highest BCUT2D eigenvalue weighted by atomic mass is 31.2. The van der Waals surface area contributed by atoms with Gasteiger partial charge in [-0.15, -0.1) is 0 Å². The zero-order chi connectivity index (χ0) is 74.6. The second kappa shape index (κ2) is 73.7. The number of aliphatic hydroxyl groups is 1. The Labute approximate surface area is 616 Å². The highest BCUT2D eigenvalue weighted by molar-refractivity contribution is 7.47. The van der Waals surface area contributed by atoms with Crippen molar-refractivity contribution in [3.8, 4) is 0 Å². The van der Waals surface area contributed by atoms with Gasteiger partial charge in [0.2, 0.25) is 0 Å². The number of unbranched alkanes of at least 4 members (excludes halogenated alkanes) is 17. The van der Waals surface area contributed by atoms with Gasteiger partial charge in [-0.3, -0.25) is 37.3 Å². The predicted octanol–water partition coefficient (Wildman–Crippen LogP) is 22.2. The Morgan fingerprint density at radius 3 is 0.902 bits per heavy atom. The number of hydrogen-bond acceptors (Lipinski definition) is 15. The van der Waals surface area contributed by atoms with E-state index in [2.05, 4.69) is 161 Å². The molecule has 578 valence electrons. The second-order valence-corrected chi connectivity index (χ2v) is 27.7. The summed E-state index contributed by atoms with van der Waals surface area (Å²) in [5.41, 5.74) is 0. The minimum Gasteiger partial charge on any atom is -0.462 e. The summed E-state index contributed by atoms with van der Waals surface area (Å²) in [4.78, 5) is 72.8. The molecule has 3 N–H and O–H groups in total. The number of phosphoric ester groups is 2. The zero-order valence-corrected chi connectivity index (χ0v) is 64.8. The van der Waals surface area contributed by atoms with Crippen molar-refractivity contribution >= 4 is 39.5 Å². The van der Waals surface area contributed by atoms with Crippen LogP contribution in [0.25, 0.3) is 0 Å². The third kappa shape index (κ3) is 72.8. The Morgan fingerprint density at radius 1 is 0.294 bits per heavy atom. The van der Waals surface area contributed by atoms with Gasteiger partial charge in [0, 0.05) is 19.3 Å². The molecule has 0 saturated carbocycles. The van der Waals surface area contributed by atoms with Gasteiger partial charge in [0.05, 0.1) is 32.8 Å². The summed E-state index contributed by atoms with van der Waals surface area (Å²) < 4.78 is 68.3. The molecule has 0 aromatic rings. The minimum atomic E-state index is -5.01. The van der Waals surface area contributed by atoms with E-state index in [1.54, 1.807) is 6.08 Å². The Balaban J connectivity index is 5.51. The number of esters is 4. The van der Waals surface area contributed by atoms with Gasteiger partial charge < -0.3 is 33.8 Å². The van der Waals surface area contributed by atoms with Gasteiger partial charge in [-0.1, -0.05) is 288 Å². The van der Waals surface area contributed by atoms with Crippen LogP contribution in [0.15, 0.2) is 170 Å². The molecule has 5 unspecified atom stereocenters. The molecule has 0 aliphatic carbocycles. The maximum atomic E-state index is 13.1. The average Bonchev–Trinajstić information content (AvgIpc) is 0.959. The van der Waals surface area contributed by atoms with E-state index in [4.69, 9.17) is 37.0 Å². The lowest BCUT2D eigenvalue weighted by Gasteiger charge is -2.21. The number of hydrogen-bond donors (Lipinski definition) is 3. The van der Waals surface area contributed by atoms with Crippen LogP contribution in [0.4, 0.5) is 0 Å². The first-order chi connectivity index (χ1) is 49.7. The van der Waals surface area contributed by atoms with Gasteiger partial charge in [-0.2, -0.15) is 0 Å².